The van der Waals surface area contributed by atoms with E-state index in [0.29, 0.717) is 17.2 Å². The number of anilines is 1. The minimum atomic E-state index is -3.82. The van der Waals surface area contributed by atoms with Crippen molar-refractivity contribution in [2.75, 3.05) is 25.1 Å². The maximum absolute atomic E-state index is 13.0. The van der Waals surface area contributed by atoms with Gasteiger partial charge in [-0.25, -0.2) is 8.42 Å². The summed E-state index contributed by atoms with van der Waals surface area (Å²) in [5.74, 6) is 0.969. The molecule has 0 heterocycles. The van der Waals surface area contributed by atoms with E-state index >= 15 is 0 Å². The van der Waals surface area contributed by atoms with Gasteiger partial charge in [-0.3, -0.25) is 4.31 Å². The quantitative estimate of drug-likeness (QED) is 0.699. The molecule has 0 bridgehead atoms. The molecule has 0 spiro atoms. The second-order valence-corrected chi connectivity index (χ2v) is 7.09. The molecule has 0 radical (unpaired) electrons. The molecule has 0 aliphatic rings. The van der Waals surface area contributed by atoms with Gasteiger partial charge in [-0.05, 0) is 30.3 Å². The number of halogens is 1. The van der Waals surface area contributed by atoms with Crippen LogP contribution in [0, 0.1) is 0 Å². The first-order valence-electron chi connectivity index (χ1n) is 7.05. The number of sulfonamides is 1. The smallest absolute Gasteiger partial charge is 0.264 e. The molecule has 0 saturated heterocycles. The molecule has 0 saturated carbocycles. The molecule has 0 aliphatic heterocycles. The Labute approximate surface area is 147 Å². The van der Waals surface area contributed by atoms with Crippen molar-refractivity contribution in [3.8, 4) is 11.5 Å². The number of methoxy groups -OCH3 is 2. The van der Waals surface area contributed by atoms with Crippen LogP contribution in [0.1, 0.15) is 0 Å². The van der Waals surface area contributed by atoms with Crippen molar-refractivity contribution < 1.29 is 17.9 Å². The van der Waals surface area contributed by atoms with Crippen LogP contribution in [0.25, 0.3) is 0 Å². The Balaban J connectivity index is 2.52. The molecule has 2 aromatic rings. The van der Waals surface area contributed by atoms with E-state index in [-0.39, 0.29) is 16.5 Å². The van der Waals surface area contributed by atoms with Crippen LogP contribution in [0.15, 0.2) is 60.0 Å². The molecule has 0 atom stereocenters. The maximum Gasteiger partial charge on any atom is 0.264 e. The minimum absolute atomic E-state index is 0.0676. The summed E-state index contributed by atoms with van der Waals surface area (Å²) < 4.78 is 37.5. The highest BCUT2D eigenvalue weighted by Crippen LogP contribution is 2.31. The fourth-order valence-electron chi connectivity index (χ4n) is 2.16. The summed E-state index contributed by atoms with van der Waals surface area (Å²) in [6.45, 7) is 3.75. The lowest BCUT2D eigenvalue weighted by atomic mass is 10.3. The molecule has 2 aromatic carbocycles. The predicted octanol–water partition coefficient (Wildman–Crippen LogP) is 3.74. The molecule has 24 heavy (non-hydrogen) atoms. The zero-order valence-electron chi connectivity index (χ0n) is 13.4. The van der Waals surface area contributed by atoms with Gasteiger partial charge in [0.1, 0.15) is 11.5 Å². The molecule has 5 nitrogen and oxygen atoms in total. The van der Waals surface area contributed by atoms with E-state index in [1.54, 1.807) is 24.3 Å². The Kier molecular flexibility index (Phi) is 5.75. The summed E-state index contributed by atoms with van der Waals surface area (Å²) >= 11 is 6.06. The Morgan fingerprint density at radius 1 is 1.17 bits per heavy atom. The molecule has 0 fully saturated rings. The largest absolute Gasteiger partial charge is 0.497 e. The van der Waals surface area contributed by atoms with Crippen LogP contribution in [0.2, 0.25) is 5.02 Å². The van der Waals surface area contributed by atoms with Crippen LogP contribution in [-0.4, -0.2) is 29.2 Å². The third-order valence-electron chi connectivity index (χ3n) is 3.35. The number of hydrogen-bond acceptors (Lipinski definition) is 4. The van der Waals surface area contributed by atoms with Gasteiger partial charge in [0, 0.05) is 6.07 Å². The average molecular weight is 368 g/mol. The van der Waals surface area contributed by atoms with Gasteiger partial charge >= 0.3 is 0 Å². The second-order valence-electron chi connectivity index (χ2n) is 4.82. The first kappa shape index (κ1) is 18.2. The zero-order valence-corrected chi connectivity index (χ0v) is 15.0. The minimum Gasteiger partial charge on any atom is -0.497 e. The highest BCUT2D eigenvalue weighted by molar-refractivity contribution is 7.92. The fourth-order valence-corrected chi connectivity index (χ4v) is 3.94. The monoisotopic (exact) mass is 367 g/mol. The number of benzene rings is 2. The SMILES string of the molecule is C=CCN(c1cccc(OC)c1)S(=O)(=O)c1ccc(OC)c(Cl)c1. The summed E-state index contributed by atoms with van der Waals surface area (Å²) in [5.41, 5.74) is 0.473. The van der Waals surface area contributed by atoms with E-state index in [0.717, 1.165) is 0 Å². The van der Waals surface area contributed by atoms with Crippen LogP contribution in [0.3, 0.4) is 0 Å². The van der Waals surface area contributed by atoms with Crippen LogP contribution < -0.4 is 13.8 Å². The second kappa shape index (κ2) is 7.59. The lowest BCUT2D eigenvalue weighted by molar-refractivity contribution is 0.414. The third kappa shape index (κ3) is 3.66. The van der Waals surface area contributed by atoms with Crippen molar-refractivity contribution in [2.45, 2.75) is 4.90 Å². The van der Waals surface area contributed by atoms with Gasteiger partial charge in [-0.1, -0.05) is 23.7 Å². The first-order chi connectivity index (χ1) is 11.4. The first-order valence-corrected chi connectivity index (χ1v) is 8.87. The Morgan fingerprint density at radius 2 is 1.92 bits per heavy atom. The fraction of sp³-hybridized carbons (Fsp3) is 0.176. The van der Waals surface area contributed by atoms with E-state index in [1.807, 2.05) is 0 Å². The highest BCUT2D eigenvalue weighted by atomic mass is 35.5. The molecule has 7 heteroatoms. The van der Waals surface area contributed by atoms with E-state index in [9.17, 15) is 8.42 Å². The van der Waals surface area contributed by atoms with E-state index < -0.39 is 10.0 Å². The van der Waals surface area contributed by atoms with Crippen molar-refractivity contribution in [3.05, 3.63) is 60.1 Å². The van der Waals surface area contributed by atoms with Crippen LogP contribution in [0.5, 0.6) is 11.5 Å². The lowest BCUT2D eigenvalue weighted by Crippen LogP contribution is -2.31. The van der Waals surface area contributed by atoms with Gasteiger partial charge in [0.25, 0.3) is 10.0 Å². The van der Waals surface area contributed by atoms with Gasteiger partial charge in [-0.2, -0.15) is 0 Å². The van der Waals surface area contributed by atoms with Crippen LogP contribution in [-0.2, 0) is 10.0 Å². The van der Waals surface area contributed by atoms with Crippen LogP contribution >= 0.6 is 11.6 Å². The normalized spacial score (nSPS) is 11.0. The zero-order chi connectivity index (χ0) is 17.7. The molecular formula is C17H18ClNO4S. The van der Waals surface area contributed by atoms with Crippen molar-refractivity contribution in [3.63, 3.8) is 0 Å². The van der Waals surface area contributed by atoms with Crippen molar-refractivity contribution in [2.24, 2.45) is 0 Å². The summed E-state index contributed by atoms with van der Waals surface area (Å²) in [5, 5.41) is 0.225. The standard InChI is InChI=1S/C17H18ClNO4S/c1-4-10-19(13-6-5-7-14(11-13)22-2)24(20,21)15-8-9-17(23-3)16(18)12-15/h4-9,11-12H,1,10H2,2-3H3. The van der Waals surface area contributed by atoms with Crippen LogP contribution in [0.4, 0.5) is 5.69 Å². The Bertz CT molecular complexity index is 836. The Morgan fingerprint density at radius 3 is 2.50 bits per heavy atom. The van der Waals surface area contributed by atoms with Gasteiger partial charge < -0.3 is 9.47 Å². The molecule has 128 valence electrons. The topological polar surface area (TPSA) is 55.8 Å². The Hall–Kier alpha value is -2.18. The average Bonchev–Trinajstić information content (AvgIpc) is 2.59. The van der Waals surface area contributed by atoms with Gasteiger partial charge in [0.2, 0.25) is 0 Å². The number of rotatable bonds is 7. The molecule has 0 aliphatic carbocycles. The van der Waals surface area contributed by atoms with E-state index in [4.69, 9.17) is 21.1 Å². The van der Waals surface area contributed by atoms with Crippen molar-refractivity contribution in [1.29, 1.82) is 0 Å². The number of hydrogen-bond donors (Lipinski definition) is 0. The predicted molar refractivity (Wildman–Crippen MR) is 95.7 cm³/mol. The van der Waals surface area contributed by atoms with Gasteiger partial charge in [-0.15, -0.1) is 6.58 Å². The highest BCUT2D eigenvalue weighted by Gasteiger charge is 2.25. The molecule has 0 aromatic heterocycles. The van der Waals surface area contributed by atoms with Gasteiger partial charge in [0.05, 0.1) is 36.4 Å². The summed E-state index contributed by atoms with van der Waals surface area (Å²) in [6, 6.07) is 11.1. The van der Waals surface area contributed by atoms with E-state index in [1.165, 1.54) is 42.8 Å². The van der Waals surface area contributed by atoms with Gasteiger partial charge in [0.15, 0.2) is 0 Å². The number of ether oxygens (including phenoxy) is 2. The van der Waals surface area contributed by atoms with Crippen molar-refractivity contribution >= 4 is 27.3 Å². The number of nitrogens with zero attached hydrogens (tertiary/aromatic N) is 1. The molecule has 2 rings (SSSR count). The lowest BCUT2D eigenvalue weighted by Gasteiger charge is -2.23. The summed E-state index contributed by atoms with van der Waals surface area (Å²) in [6.07, 6.45) is 1.52. The molecular weight excluding hydrogens is 350 g/mol. The molecule has 0 unspecified atom stereocenters. The molecule has 0 amide bonds. The van der Waals surface area contributed by atoms with E-state index in [2.05, 4.69) is 6.58 Å². The van der Waals surface area contributed by atoms with Crippen molar-refractivity contribution in [1.82, 2.24) is 0 Å². The summed E-state index contributed by atoms with van der Waals surface area (Å²) in [4.78, 5) is 0.0676. The molecule has 0 N–H and O–H groups in total. The maximum atomic E-state index is 13.0. The third-order valence-corrected chi connectivity index (χ3v) is 5.43. The summed E-state index contributed by atoms with van der Waals surface area (Å²) in [7, 11) is -0.832.